The van der Waals surface area contributed by atoms with Crippen molar-refractivity contribution in [3.05, 3.63) is 41.8 Å². The van der Waals surface area contributed by atoms with Gasteiger partial charge in [0.15, 0.2) is 0 Å². The molecule has 6 nitrogen and oxygen atoms in total. The number of aryl methyl sites for hydroxylation is 1. The van der Waals surface area contributed by atoms with Crippen molar-refractivity contribution < 1.29 is 9.18 Å². The number of benzene rings is 1. The molecule has 0 aliphatic carbocycles. The highest BCUT2D eigenvalue weighted by molar-refractivity contribution is 5.91. The molecule has 2 N–H and O–H groups in total. The van der Waals surface area contributed by atoms with E-state index in [2.05, 4.69) is 27.6 Å². The molecule has 8 heteroatoms. The number of anilines is 1. The second kappa shape index (κ2) is 8.42. The fourth-order valence-electron chi connectivity index (χ4n) is 2.88. The first-order valence-electron chi connectivity index (χ1n) is 8.11. The Morgan fingerprint density at radius 3 is 2.92 bits per heavy atom. The van der Waals surface area contributed by atoms with Gasteiger partial charge < -0.3 is 10.6 Å². The van der Waals surface area contributed by atoms with Crippen LogP contribution in [0.2, 0.25) is 0 Å². The van der Waals surface area contributed by atoms with Gasteiger partial charge in [-0.3, -0.25) is 9.69 Å². The zero-order valence-electron chi connectivity index (χ0n) is 14.3. The number of hydrogen-bond donors (Lipinski definition) is 2. The monoisotopic (exact) mass is 367 g/mol. The second-order valence-corrected chi connectivity index (χ2v) is 6.11. The molecule has 1 amide bonds. The number of halogens is 2. The summed E-state index contributed by atoms with van der Waals surface area (Å²) in [6.07, 6.45) is 0. The first kappa shape index (κ1) is 19.4. The normalized spacial score (nSPS) is 17.8. The van der Waals surface area contributed by atoms with Crippen molar-refractivity contribution >= 4 is 24.1 Å². The lowest BCUT2D eigenvalue weighted by atomic mass is 10.2. The lowest BCUT2D eigenvalue weighted by Crippen LogP contribution is -2.52. The van der Waals surface area contributed by atoms with Crippen LogP contribution in [0.1, 0.15) is 12.6 Å². The molecule has 1 aromatic heterocycles. The zero-order chi connectivity index (χ0) is 17.1. The summed E-state index contributed by atoms with van der Waals surface area (Å²) in [5.41, 5.74) is 1.03. The van der Waals surface area contributed by atoms with E-state index < -0.39 is 0 Å². The van der Waals surface area contributed by atoms with Gasteiger partial charge in [-0.1, -0.05) is 12.1 Å². The highest BCUT2D eigenvalue weighted by Gasteiger charge is 2.21. The number of aromatic nitrogens is 2. The summed E-state index contributed by atoms with van der Waals surface area (Å²) in [6.45, 7) is 6.80. The minimum absolute atomic E-state index is 0. The van der Waals surface area contributed by atoms with Crippen LogP contribution >= 0.6 is 12.4 Å². The van der Waals surface area contributed by atoms with E-state index in [4.69, 9.17) is 0 Å². The standard InChI is InChI=1S/C17H22FN5O.ClH/c1-12-9-16(23(21-12)15-6-4-3-5-14(15)18)20-17(24)11-22-8-7-19-10-13(22)2;/h3-6,9,13,19H,7-8,10-11H2,1-2H3,(H,20,24);1H/t13-;/m0./s1. The fourth-order valence-corrected chi connectivity index (χ4v) is 2.88. The molecule has 2 aromatic rings. The summed E-state index contributed by atoms with van der Waals surface area (Å²) >= 11 is 0. The van der Waals surface area contributed by atoms with Crippen LogP contribution in [0.5, 0.6) is 0 Å². The molecule has 1 aliphatic rings. The second-order valence-electron chi connectivity index (χ2n) is 6.11. The Kier molecular flexibility index (Phi) is 6.52. The lowest BCUT2D eigenvalue weighted by Gasteiger charge is -2.33. The maximum absolute atomic E-state index is 14.0. The number of rotatable bonds is 4. The number of carbonyl (C=O) groups excluding carboxylic acids is 1. The van der Waals surface area contributed by atoms with Crippen LogP contribution in [-0.2, 0) is 4.79 Å². The van der Waals surface area contributed by atoms with Gasteiger partial charge in [-0.25, -0.2) is 9.07 Å². The van der Waals surface area contributed by atoms with E-state index >= 15 is 0 Å². The molecule has 0 saturated carbocycles. The van der Waals surface area contributed by atoms with E-state index in [1.165, 1.54) is 10.7 Å². The first-order valence-corrected chi connectivity index (χ1v) is 8.11. The quantitative estimate of drug-likeness (QED) is 0.867. The summed E-state index contributed by atoms with van der Waals surface area (Å²) in [4.78, 5) is 14.5. The number of piperazine rings is 1. The molecule has 3 rings (SSSR count). The largest absolute Gasteiger partial charge is 0.314 e. The minimum Gasteiger partial charge on any atom is -0.314 e. The SMILES string of the molecule is Cc1cc(NC(=O)CN2CCNC[C@@H]2C)n(-c2ccccc2F)n1.Cl. The van der Waals surface area contributed by atoms with E-state index in [1.807, 2.05) is 6.92 Å². The van der Waals surface area contributed by atoms with E-state index in [0.29, 0.717) is 29.8 Å². The van der Waals surface area contributed by atoms with Crippen molar-refractivity contribution in [1.82, 2.24) is 20.0 Å². The topological polar surface area (TPSA) is 62.2 Å². The molecule has 1 aromatic carbocycles. The molecule has 25 heavy (non-hydrogen) atoms. The number of nitrogens with zero attached hydrogens (tertiary/aromatic N) is 3. The van der Waals surface area contributed by atoms with E-state index in [1.54, 1.807) is 24.3 Å². The Morgan fingerprint density at radius 2 is 2.20 bits per heavy atom. The highest BCUT2D eigenvalue weighted by atomic mass is 35.5. The molecule has 0 bridgehead atoms. The van der Waals surface area contributed by atoms with Crippen molar-refractivity contribution in [2.45, 2.75) is 19.9 Å². The smallest absolute Gasteiger partial charge is 0.239 e. The summed E-state index contributed by atoms with van der Waals surface area (Å²) in [5.74, 6) is -0.0292. The highest BCUT2D eigenvalue weighted by Crippen LogP contribution is 2.19. The molecule has 1 aliphatic heterocycles. The third kappa shape index (κ3) is 4.56. The summed E-state index contributed by atoms with van der Waals surface area (Å²) in [7, 11) is 0. The van der Waals surface area contributed by atoms with Crippen LogP contribution in [-0.4, -0.2) is 52.8 Å². The van der Waals surface area contributed by atoms with Crippen LogP contribution in [0, 0.1) is 12.7 Å². The zero-order valence-corrected chi connectivity index (χ0v) is 15.1. The Bertz CT molecular complexity index is 736. The van der Waals surface area contributed by atoms with Crippen LogP contribution in [0.4, 0.5) is 10.2 Å². The molecule has 0 radical (unpaired) electrons. The number of carbonyl (C=O) groups is 1. The van der Waals surface area contributed by atoms with Gasteiger partial charge in [-0.2, -0.15) is 5.10 Å². The molecule has 136 valence electrons. The number of amides is 1. The maximum atomic E-state index is 14.0. The molecule has 1 fully saturated rings. The Hall–Kier alpha value is -1.96. The predicted octanol–water partition coefficient (Wildman–Crippen LogP) is 1.97. The minimum atomic E-state index is -0.383. The third-order valence-corrected chi connectivity index (χ3v) is 4.17. The van der Waals surface area contributed by atoms with Crippen LogP contribution < -0.4 is 10.6 Å². The van der Waals surface area contributed by atoms with Gasteiger partial charge in [0.1, 0.15) is 17.3 Å². The molecular formula is C17H23ClFN5O. The van der Waals surface area contributed by atoms with Crippen molar-refractivity contribution in [2.75, 3.05) is 31.5 Å². The van der Waals surface area contributed by atoms with E-state index in [-0.39, 0.29) is 24.1 Å². The third-order valence-electron chi connectivity index (χ3n) is 4.17. The number of nitrogens with one attached hydrogen (secondary N) is 2. The summed E-state index contributed by atoms with van der Waals surface area (Å²) in [5, 5.41) is 10.5. The van der Waals surface area contributed by atoms with Crippen LogP contribution in [0.15, 0.2) is 30.3 Å². The molecule has 1 saturated heterocycles. The molecular weight excluding hydrogens is 345 g/mol. The maximum Gasteiger partial charge on any atom is 0.239 e. The average Bonchev–Trinajstić information content (AvgIpc) is 2.90. The summed E-state index contributed by atoms with van der Waals surface area (Å²) < 4.78 is 15.5. The fraction of sp³-hybridized carbons (Fsp3) is 0.412. The average molecular weight is 368 g/mol. The molecule has 0 unspecified atom stereocenters. The van der Waals surface area contributed by atoms with Gasteiger partial charge in [-0.15, -0.1) is 12.4 Å². The van der Waals surface area contributed by atoms with E-state index in [0.717, 1.165) is 19.6 Å². The number of hydrogen-bond acceptors (Lipinski definition) is 4. The Labute approximate surface area is 152 Å². The van der Waals surface area contributed by atoms with Crippen molar-refractivity contribution in [3.63, 3.8) is 0 Å². The predicted molar refractivity (Wildman–Crippen MR) is 98.0 cm³/mol. The number of para-hydroxylation sites is 1. The first-order chi connectivity index (χ1) is 11.5. The van der Waals surface area contributed by atoms with Gasteiger partial charge in [0.2, 0.25) is 5.91 Å². The van der Waals surface area contributed by atoms with Crippen LogP contribution in [0.3, 0.4) is 0 Å². The van der Waals surface area contributed by atoms with Crippen molar-refractivity contribution in [2.24, 2.45) is 0 Å². The van der Waals surface area contributed by atoms with Crippen molar-refractivity contribution in [1.29, 1.82) is 0 Å². The lowest BCUT2D eigenvalue weighted by molar-refractivity contribution is -0.118. The van der Waals surface area contributed by atoms with Crippen molar-refractivity contribution in [3.8, 4) is 5.69 Å². The van der Waals surface area contributed by atoms with E-state index in [9.17, 15) is 9.18 Å². The van der Waals surface area contributed by atoms with Gasteiger partial charge in [0.05, 0.1) is 12.2 Å². The van der Waals surface area contributed by atoms with Gasteiger partial charge in [-0.05, 0) is 26.0 Å². The summed E-state index contributed by atoms with van der Waals surface area (Å²) in [6, 6.07) is 8.42. The van der Waals surface area contributed by atoms with Gasteiger partial charge in [0, 0.05) is 31.7 Å². The molecule has 2 heterocycles. The Balaban J connectivity index is 0.00000225. The van der Waals surface area contributed by atoms with Crippen LogP contribution in [0.25, 0.3) is 5.69 Å². The van der Waals surface area contributed by atoms with Gasteiger partial charge in [0.25, 0.3) is 0 Å². The Morgan fingerprint density at radius 1 is 1.44 bits per heavy atom. The van der Waals surface area contributed by atoms with Gasteiger partial charge >= 0.3 is 0 Å². The molecule has 0 spiro atoms. The molecule has 1 atom stereocenters.